The van der Waals surface area contributed by atoms with E-state index >= 15 is 0 Å². The Morgan fingerprint density at radius 2 is 1.80 bits per heavy atom. The first-order valence-electron chi connectivity index (χ1n) is 7.65. The van der Waals surface area contributed by atoms with Crippen molar-refractivity contribution in [2.24, 2.45) is 0 Å². The van der Waals surface area contributed by atoms with Crippen LogP contribution < -0.4 is 4.72 Å². The number of benzene rings is 1. The first-order chi connectivity index (χ1) is 11.8. The maximum absolute atomic E-state index is 13.2. The number of carbonyl (C=O) groups excluding carboxylic acids is 1. The van der Waals surface area contributed by atoms with E-state index in [9.17, 15) is 22.0 Å². The highest BCUT2D eigenvalue weighted by Gasteiger charge is 2.28. The number of hydrogen-bond donors (Lipinski definition) is 1. The molecule has 1 aliphatic heterocycles. The first kappa shape index (κ1) is 17.6. The Morgan fingerprint density at radius 1 is 1.16 bits per heavy atom. The minimum Gasteiger partial charge on any atom is -0.472 e. The first-order valence-corrected chi connectivity index (χ1v) is 9.13. The molecule has 1 saturated heterocycles. The van der Waals surface area contributed by atoms with Crippen LogP contribution in [0.5, 0.6) is 0 Å². The molecule has 1 aromatic heterocycles. The largest absolute Gasteiger partial charge is 0.472 e. The zero-order valence-corrected chi connectivity index (χ0v) is 13.9. The molecule has 2 aromatic rings. The molecular formula is C16H16F2N2O4S. The number of nitrogens with one attached hydrogen (secondary N) is 1. The second-order valence-corrected chi connectivity index (χ2v) is 7.52. The van der Waals surface area contributed by atoms with Crippen LogP contribution in [0, 0.1) is 11.6 Å². The standard InChI is InChI=1S/C16H16F2N2O4S/c17-12-7-13(18)9-15(8-12)25(22,23)19-14-1-4-20(5-2-14)16(21)11-3-6-24-10-11/h3,6-10,14,19H,1-2,4-5H2. The number of amides is 1. The van der Waals surface area contributed by atoms with E-state index in [2.05, 4.69) is 4.72 Å². The molecule has 3 rings (SSSR count). The molecular weight excluding hydrogens is 354 g/mol. The monoisotopic (exact) mass is 370 g/mol. The molecule has 9 heteroatoms. The lowest BCUT2D eigenvalue weighted by Crippen LogP contribution is -2.46. The molecule has 1 N–H and O–H groups in total. The molecule has 134 valence electrons. The molecule has 2 heterocycles. The number of sulfonamides is 1. The van der Waals surface area contributed by atoms with Crippen molar-refractivity contribution in [2.45, 2.75) is 23.8 Å². The molecule has 1 amide bonds. The molecule has 1 aromatic carbocycles. The van der Waals surface area contributed by atoms with Crippen LogP contribution in [0.4, 0.5) is 8.78 Å². The van der Waals surface area contributed by atoms with Gasteiger partial charge >= 0.3 is 0 Å². The van der Waals surface area contributed by atoms with Crippen molar-refractivity contribution in [3.8, 4) is 0 Å². The van der Waals surface area contributed by atoms with E-state index in [1.165, 1.54) is 12.5 Å². The Bertz CT molecular complexity index is 840. The van der Waals surface area contributed by atoms with Gasteiger partial charge in [-0.15, -0.1) is 0 Å². The van der Waals surface area contributed by atoms with Crippen LogP contribution in [0.3, 0.4) is 0 Å². The zero-order chi connectivity index (χ0) is 18.0. The topological polar surface area (TPSA) is 79.6 Å². The zero-order valence-electron chi connectivity index (χ0n) is 13.1. The van der Waals surface area contributed by atoms with Crippen LogP contribution in [0.2, 0.25) is 0 Å². The van der Waals surface area contributed by atoms with E-state index in [1.807, 2.05) is 0 Å². The van der Waals surface area contributed by atoms with Gasteiger partial charge in [-0.25, -0.2) is 21.9 Å². The lowest BCUT2D eigenvalue weighted by Gasteiger charge is -2.32. The third kappa shape index (κ3) is 4.05. The van der Waals surface area contributed by atoms with Gasteiger partial charge in [0.2, 0.25) is 10.0 Å². The van der Waals surface area contributed by atoms with Crippen LogP contribution in [-0.2, 0) is 10.0 Å². The lowest BCUT2D eigenvalue weighted by atomic mass is 10.1. The van der Waals surface area contributed by atoms with Crippen molar-refractivity contribution < 1.29 is 26.4 Å². The maximum Gasteiger partial charge on any atom is 0.257 e. The molecule has 0 bridgehead atoms. The second kappa shape index (κ2) is 6.93. The van der Waals surface area contributed by atoms with Gasteiger partial charge in [0, 0.05) is 25.2 Å². The van der Waals surface area contributed by atoms with Gasteiger partial charge in [0.05, 0.1) is 16.7 Å². The Morgan fingerprint density at radius 3 is 2.36 bits per heavy atom. The van der Waals surface area contributed by atoms with E-state index < -0.39 is 32.6 Å². The van der Waals surface area contributed by atoms with Gasteiger partial charge in [-0.2, -0.15) is 0 Å². The van der Waals surface area contributed by atoms with Gasteiger partial charge in [-0.05, 0) is 31.0 Å². The summed E-state index contributed by atoms with van der Waals surface area (Å²) in [6.07, 6.45) is 3.57. The van der Waals surface area contributed by atoms with Crippen molar-refractivity contribution in [1.29, 1.82) is 0 Å². The summed E-state index contributed by atoms with van der Waals surface area (Å²) in [5, 5.41) is 0. The van der Waals surface area contributed by atoms with Crippen LogP contribution in [0.1, 0.15) is 23.2 Å². The molecule has 0 aliphatic carbocycles. The predicted octanol–water partition coefficient (Wildman–Crippen LogP) is 2.14. The number of halogens is 2. The van der Waals surface area contributed by atoms with E-state index in [1.54, 1.807) is 11.0 Å². The summed E-state index contributed by atoms with van der Waals surface area (Å²) in [6.45, 7) is 0.740. The van der Waals surface area contributed by atoms with Crippen LogP contribution >= 0.6 is 0 Å². The number of piperidine rings is 1. The SMILES string of the molecule is O=C(c1ccoc1)N1CCC(NS(=O)(=O)c2cc(F)cc(F)c2)CC1. The van der Waals surface area contributed by atoms with Crippen molar-refractivity contribution in [1.82, 2.24) is 9.62 Å². The predicted molar refractivity (Wildman–Crippen MR) is 84.3 cm³/mol. The van der Waals surface area contributed by atoms with Gasteiger partial charge in [-0.3, -0.25) is 4.79 Å². The Balaban J connectivity index is 1.62. The summed E-state index contributed by atoms with van der Waals surface area (Å²) in [5.74, 6) is -2.09. The average Bonchev–Trinajstić information content (AvgIpc) is 3.08. The summed E-state index contributed by atoms with van der Waals surface area (Å²) in [5.41, 5.74) is 0.439. The number of likely N-dealkylation sites (tertiary alicyclic amines) is 1. The maximum atomic E-state index is 13.2. The van der Waals surface area contributed by atoms with Crippen molar-refractivity contribution >= 4 is 15.9 Å². The third-order valence-electron chi connectivity index (χ3n) is 4.02. The summed E-state index contributed by atoms with van der Waals surface area (Å²) in [7, 11) is -4.03. The second-order valence-electron chi connectivity index (χ2n) is 5.80. The molecule has 0 radical (unpaired) electrons. The van der Waals surface area contributed by atoms with Crippen LogP contribution in [-0.4, -0.2) is 38.4 Å². The highest BCUT2D eigenvalue weighted by atomic mass is 32.2. The minimum absolute atomic E-state index is 0.178. The molecule has 0 spiro atoms. The molecule has 6 nitrogen and oxygen atoms in total. The quantitative estimate of drug-likeness (QED) is 0.894. The summed E-state index contributed by atoms with van der Waals surface area (Å²) < 4.78 is 58.3. The number of furan rings is 1. The molecule has 0 unspecified atom stereocenters. The average molecular weight is 370 g/mol. The lowest BCUT2D eigenvalue weighted by molar-refractivity contribution is 0.0710. The highest BCUT2D eigenvalue weighted by molar-refractivity contribution is 7.89. The van der Waals surface area contributed by atoms with Gasteiger partial charge in [0.15, 0.2) is 0 Å². The van der Waals surface area contributed by atoms with Gasteiger partial charge in [-0.1, -0.05) is 0 Å². The van der Waals surface area contributed by atoms with Gasteiger partial charge < -0.3 is 9.32 Å². The fourth-order valence-electron chi connectivity index (χ4n) is 2.74. The Labute approximate surface area is 143 Å². The number of rotatable bonds is 4. The van der Waals surface area contributed by atoms with E-state index in [-0.39, 0.29) is 5.91 Å². The molecule has 1 aliphatic rings. The van der Waals surface area contributed by atoms with Crippen molar-refractivity contribution in [3.63, 3.8) is 0 Å². The Kier molecular flexibility index (Phi) is 4.87. The Hall–Kier alpha value is -2.26. The van der Waals surface area contributed by atoms with E-state index in [0.29, 0.717) is 37.6 Å². The summed E-state index contributed by atoms with van der Waals surface area (Å²) in [4.78, 5) is 13.3. The van der Waals surface area contributed by atoms with E-state index in [4.69, 9.17) is 4.42 Å². The highest BCUT2D eigenvalue weighted by Crippen LogP contribution is 2.18. The number of nitrogens with zero attached hydrogens (tertiary/aromatic N) is 1. The molecule has 1 fully saturated rings. The van der Waals surface area contributed by atoms with Crippen LogP contribution in [0.25, 0.3) is 0 Å². The number of carbonyl (C=O) groups is 1. The number of hydrogen-bond acceptors (Lipinski definition) is 4. The van der Waals surface area contributed by atoms with Crippen LogP contribution in [0.15, 0.2) is 46.1 Å². The van der Waals surface area contributed by atoms with Gasteiger partial charge in [0.25, 0.3) is 5.91 Å². The minimum atomic E-state index is -4.03. The molecule has 0 atom stereocenters. The van der Waals surface area contributed by atoms with Gasteiger partial charge in [0.1, 0.15) is 17.9 Å². The fourth-order valence-corrected chi connectivity index (χ4v) is 4.09. The fraction of sp³-hybridized carbons (Fsp3) is 0.312. The molecule has 0 saturated carbocycles. The molecule has 25 heavy (non-hydrogen) atoms. The van der Waals surface area contributed by atoms with Crippen molar-refractivity contribution in [2.75, 3.05) is 13.1 Å². The van der Waals surface area contributed by atoms with E-state index in [0.717, 1.165) is 12.1 Å². The summed E-state index contributed by atoms with van der Waals surface area (Å²) in [6, 6.07) is 3.30. The normalized spacial score (nSPS) is 16.2. The third-order valence-corrected chi connectivity index (χ3v) is 5.52. The smallest absolute Gasteiger partial charge is 0.257 e. The van der Waals surface area contributed by atoms with Crippen molar-refractivity contribution in [3.05, 3.63) is 54.0 Å². The summed E-state index contributed by atoms with van der Waals surface area (Å²) >= 11 is 0.